The number of imidazole rings is 1. The molecule has 1 aliphatic heterocycles. The van der Waals surface area contributed by atoms with Crippen LogP contribution >= 0.6 is 0 Å². The van der Waals surface area contributed by atoms with Gasteiger partial charge in [0.15, 0.2) is 0 Å². The van der Waals surface area contributed by atoms with E-state index in [1.165, 1.54) is 7.11 Å². The number of carbonyl (C=O) groups is 1. The van der Waals surface area contributed by atoms with Gasteiger partial charge in [0.05, 0.1) is 20.0 Å². The summed E-state index contributed by atoms with van der Waals surface area (Å²) in [5, 5.41) is 0. The van der Waals surface area contributed by atoms with Gasteiger partial charge in [-0.2, -0.15) is 0 Å². The third-order valence-electron chi connectivity index (χ3n) is 4.90. The molecule has 0 N–H and O–H groups in total. The molecule has 3 heterocycles. The maximum atomic E-state index is 13.0. The van der Waals surface area contributed by atoms with E-state index in [0.717, 1.165) is 24.9 Å². The Morgan fingerprint density at radius 3 is 2.66 bits per heavy atom. The minimum absolute atomic E-state index is 0.0126. The fourth-order valence-corrected chi connectivity index (χ4v) is 3.44. The van der Waals surface area contributed by atoms with Crippen LogP contribution in [-0.2, 0) is 6.54 Å². The molecule has 4 rings (SSSR count). The van der Waals surface area contributed by atoms with Crippen molar-refractivity contribution in [2.24, 2.45) is 0 Å². The lowest BCUT2D eigenvalue weighted by Gasteiger charge is -2.32. The van der Waals surface area contributed by atoms with Crippen molar-refractivity contribution in [1.82, 2.24) is 24.4 Å². The quantitative estimate of drug-likeness (QED) is 0.640. The average Bonchev–Trinajstić information content (AvgIpc) is 3.27. The van der Waals surface area contributed by atoms with Crippen LogP contribution in [0.1, 0.15) is 28.8 Å². The Bertz CT molecular complexity index is 943. The molecular formula is C21H23N5O3. The first-order chi connectivity index (χ1) is 14.2. The standard InChI is InChI=1S/C21H23N5O3/c1-28-19-20(24-9-8-23-19)29-18-3-2-11-26(14-18)21(27)17-6-4-16(5-7-17)13-25-12-10-22-15-25/h4-10,12,15,18H,2-3,11,13-14H2,1H3. The maximum Gasteiger partial charge on any atom is 0.278 e. The predicted molar refractivity (Wildman–Crippen MR) is 106 cm³/mol. The van der Waals surface area contributed by atoms with E-state index in [2.05, 4.69) is 15.0 Å². The number of aromatic nitrogens is 4. The molecule has 1 aromatic carbocycles. The molecule has 0 bridgehead atoms. The first-order valence-electron chi connectivity index (χ1n) is 9.58. The highest BCUT2D eigenvalue weighted by Gasteiger charge is 2.27. The lowest BCUT2D eigenvalue weighted by molar-refractivity contribution is 0.0519. The van der Waals surface area contributed by atoms with Crippen LogP contribution < -0.4 is 9.47 Å². The monoisotopic (exact) mass is 393 g/mol. The van der Waals surface area contributed by atoms with Gasteiger partial charge in [-0.15, -0.1) is 0 Å². The molecule has 1 saturated heterocycles. The molecule has 0 aliphatic carbocycles. The molecule has 0 saturated carbocycles. The second kappa shape index (κ2) is 8.72. The van der Waals surface area contributed by atoms with Crippen LogP contribution in [0, 0.1) is 0 Å². The van der Waals surface area contributed by atoms with E-state index in [0.29, 0.717) is 30.4 Å². The highest BCUT2D eigenvalue weighted by Crippen LogP contribution is 2.24. The molecule has 0 radical (unpaired) electrons. The van der Waals surface area contributed by atoms with Crippen LogP contribution in [0.15, 0.2) is 55.4 Å². The number of piperidine rings is 1. The number of methoxy groups -OCH3 is 1. The minimum Gasteiger partial charge on any atom is -0.477 e. The van der Waals surface area contributed by atoms with E-state index in [1.54, 1.807) is 24.9 Å². The van der Waals surface area contributed by atoms with Gasteiger partial charge in [0.1, 0.15) is 6.10 Å². The Morgan fingerprint density at radius 2 is 1.93 bits per heavy atom. The first-order valence-corrected chi connectivity index (χ1v) is 9.58. The number of ether oxygens (including phenoxy) is 2. The van der Waals surface area contributed by atoms with Crippen molar-refractivity contribution in [3.05, 3.63) is 66.5 Å². The summed E-state index contributed by atoms with van der Waals surface area (Å²) in [7, 11) is 1.53. The first kappa shape index (κ1) is 18.9. The maximum absolute atomic E-state index is 13.0. The van der Waals surface area contributed by atoms with E-state index in [1.807, 2.05) is 39.9 Å². The van der Waals surface area contributed by atoms with Crippen LogP contribution in [0.3, 0.4) is 0 Å². The normalized spacial score (nSPS) is 16.4. The van der Waals surface area contributed by atoms with Gasteiger partial charge < -0.3 is 18.9 Å². The van der Waals surface area contributed by atoms with Crippen molar-refractivity contribution in [3.8, 4) is 11.8 Å². The van der Waals surface area contributed by atoms with Crippen molar-refractivity contribution >= 4 is 5.91 Å². The van der Waals surface area contributed by atoms with Gasteiger partial charge in [-0.05, 0) is 30.5 Å². The molecule has 0 spiro atoms. The number of likely N-dealkylation sites (tertiary alicyclic amines) is 1. The summed E-state index contributed by atoms with van der Waals surface area (Å²) in [5.74, 6) is 0.723. The molecule has 1 aliphatic rings. The number of hydrogen-bond donors (Lipinski definition) is 0. The van der Waals surface area contributed by atoms with Crippen molar-refractivity contribution < 1.29 is 14.3 Å². The smallest absolute Gasteiger partial charge is 0.278 e. The summed E-state index contributed by atoms with van der Waals surface area (Å²) in [5.41, 5.74) is 1.80. The summed E-state index contributed by atoms with van der Waals surface area (Å²) in [6, 6.07) is 7.72. The Hall–Kier alpha value is -3.42. The Morgan fingerprint density at radius 1 is 1.14 bits per heavy atom. The van der Waals surface area contributed by atoms with E-state index >= 15 is 0 Å². The minimum atomic E-state index is -0.140. The van der Waals surface area contributed by atoms with Crippen LogP contribution in [0.25, 0.3) is 0 Å². The van der Waals surface area contributed by atoms with E-state index in [9.17, 15) is 4.79 Å². The van der Waals surface area contributed by atoms with E-state index < -0.39 is 0 Å². The highest BCUT2D eigenvalue weighted by molar-refractivity contribution is 5.94. The molecule has 1 atom stereocenters. The van der Waals surface area contributed by atoms with Gasteiger partial charge in [-0.3, -0.25) is 4.79 Å². The molecule has 1 amide bonds. The van der Waals surface area contributed by atoms with Crippen molar-refractivity contribution in [1.29, 1.82) is 0 Å². The zero-order chi connectivity index (χ0) is 20.1. The lowest BCUT2D eigenvalue weighted by Crippen LogP contribution is -2.44. The molecule has 1 unspecified atom stereocenters. The number of nitrogens with zero attached hydrogens (tertiary/aromatic N) is 5. The van der Waals surface area contributed by atoms with Crippen LogP contribution in [0.4, 0.5) is 0 Å². The number of hydrogen-bond acceptors (Lipinski definition) is 6. The zero-order valence-corrected chi connectivity index (χ0v) is 16.3. The third-order valence-corrected chi connectivity index (χ3v) is 4.90. The highest BCUT2D eigenvalue weighted by atomic mass is 16.5. The number of benzene rings is 1. The van der Waals surface area contributed by atoms with Gasteiger partial charge in [-0.25, -0.2) is 15.0 Å². The molecule has 29 heavy (non-hydrogen) atoms. The van der Waals surface area contributed by atoms with Gasteiger partial charge >= 0.3 is 0 Å². The molecule has 8 heteroatoms. The van der Waals surface area contributed by atoms with Gasteiger partial charge in [-0.1, -0.05) is 12.1 Å². The zero-order valence-electron chi connectivity index (χ0n) is 16.3. The molecule has 150 valence electrons. The second-order valence-electron chi connectivity index (χ2n) is 6.94. The SMILES string of the molecule is COc1nccnc1OC1CCCN(C(=O)c2ccc(Cn3ccnc3)cc2)C1. The van der Waals surface area contributed by atoms with Gasteiger partial charge in [0.25, 0.3) is 17.7 Å². The Balaban J connectivity index is 1.39. The number of carbonyl (C=O) groups excluding carboxylic acids is 1. The molecule has 2 aromatic heterocycles. The van der Waals surface area contributed by atoms with E-state index in [4.69, 9.17) is 9.47 Å². The average molecular weight is 393 g/mol. The second-order valence-corrected chi connectivity index (χ2v) is 6.94. The van der Waals surface area contributed by atoms with Gasteiger partial charge in [0.2, 0.25) is 0 Å². The number of rotatable bonds is 6. The van der Waals surface area contributed by atoms with Gasteiger partial charge in [0, 0.05) is 43.4 Å². The molecule has 3 aromatic rings. The Kier molecular flexibility index (Phi) is 5.69. The summed E-state index contributed by atoms with van der Waals surface area (Å²) in [6.07, 6.45) is 10.2. The van der Waals surface area contributed by atoms with Crippen molar-refractivity contribution in [3.63, 3.8) is 0 Å². The topological polar surface area (TPSA) is 82.4 Å². The van der Waals surface area contributed by atoms with Crippen molar-refractivity contribution in [2.75, 3.05) is 20.2 Å². The Labute approximate surface area is 169 Å². The summed E-state index contributed by atoms with van der Waals surface area (Å²) in [4.78, 5) is 27.1. The summed E-state index contributed by atoms with van der Waals surface area (Å²) >= 11 is 0. The molecule has 1 fully saturated rings. The third kappa shape index (κ3) is 4.53. The number of amides is 1. The van der Waals surface area contributed by atoms with Crippen LogP contribution in [0.5, 0.6) is 11.8 Å². The van der Waals surface area contributed by atoms with Crippen molar-refractivity contribution in [2.45, 2.75) is 25.5 Å². The predicted octanol–water partition coefficient (Wildman–Crippen LogP) is 2.41. The van der Waals surface area contributed by atoms with Crippen LogP contribution in [0.2, 0.25) is 0 Å². The molecule has 8 nitrogen and oxygen atoms in total. The fraction of sp³-hybridized carbons (Fsp3) is 0.333. The largest absolute Gasteiger partial charge is 0.477 e. The fourth-order valence-electron chi connectivity index (χ4n) is 3.44. The van der Waals surface area contributed by atoms with E-state index in [-0.39, 0.29) is 12.0 Å². The molecular weight excluding hydrogens is 370 g/mol. The van der Waals surface area contributed by atoms with Crippen LogP contribution in [-0.4, -0.2) is 56.6 Å². The summed E-state index contributed by atoms with van der Waals surface area (Å²) < 4.78 is 13.2. The summed E-state index contributed by atoms with van der Waals surface area (Å²) in [6.45, 7) is 1.95. The lowest BCUT2D eigenvalue weighted by atomic mass is 10.1.